The molecule has 204 valence electrons. The van der Waals surface area contributed by atoms with Crippen molar-refractivity contribution >= 4 is 0 Å². The molecule has 4 nitrogen and oxygen atoms in total. The summed E-state index contributed by atoms with van der Waals surface area (Å²) in [6, 6.07) is 48.6. The van der Waals surface area contributed by atoms with Crippen LogP contribution in [0, 0.1) is 5.82 Å². The highest BCUT2D eigenvalue weighted by Crippen LogP contribution is 2.33. The molecule has 0 N–H and O–H groups in total. The van der Waals surface area contributed by atoms with Crippen molar-refractivity contribution in [2.45, 2.75) is 0 Å². The van der Waals surface area contributed by atoms with Crippen molar-refractivity contribution in [1.82, 2.24) is 19.9 Å². The minimum atomic E-state index is -0.409. The van der Waals surface area contributed by atoms with Crippen molar-refractivity contribution in [2.75, 3.05) is 0 Å². The second kappa shape index (κ2) is 11.6. The van der Waals surface area contributed by atoms with Gasteiger partial charge in [0.05, 0.1) is 17.0 Å². The van der Waals surface area contributed by atoms with E-state index in [1.54, 1.807) is 6.07 Å². The van der Waals surface area contributed by atoms with Gasteiger partial charge >= 0.3 is 0 Å². The lowest BCUT2D eigenvalue weighted by Crippen LogP contribution is -2.01. The Kier molecular flexibility index (Phi) is 7.04. The molecule has 0 atom stereocenters. The maximum Gasteiger partial charge on any atom is 0.167 e. The smallest absolute Gasteiger partial charge is 0.167 e. The van der Waals surface area contributed by atoms with E-state index in [9.17, 15) is 0 Å². The Bertz CT molecular complexity index is 1900. The van der Waals surface area contributed by atoms with Crippen LogP contribution in [0.25, 0.3) is 67.8 Å². The second-order valence-electron chi connectivity index (χ2n) is 10.1. The molecule has 0 radical (unpaired) electrons. The molecule has 7 rings (SSSR count). The molecule has 0 unspecified atom stereocenters. The van der Waals surface area contributed by atoms with E-state index in [2.05, 4.69) is 0 Å². The predicted molar refractivity (Wildman–Crippen MR) is 170 cm³/mol. The third-order valence-electron chi connectivity index (χ3n) is 7.20. The number of rotatable bonds is 6. The van der Waals surface area contributed by atoms with E-state index in [1.165, 1.54) is 6.07 Å². The van der Waals surface area contributed by atoms with E-state index in [0.717, 1.165) is 44.8 Å². The third-order valence-corrected chi connectivity index (χ3v) is 7.20. The fourth-order valence-corrected chi connectivity index (χ4v) is 5.02. The van der Waals surface area contributed by atoms with Gasteiger partial charge in [-0.3, -0.25) is 0 Å². The van der Waals surface area contributed by atoms with Crippen molar-refractivity contribution in [1.29, 1.82) is 0 Å². The van der Waals surface area contributed by atoms with Crippen LogP contribution in [-0.2, 0) is 0 Å². The van der Waals surface area contributed by atoms with Gasteiger partial charge in [-0.05, 0) is 35.4 Å². The first-order valence-corrected chi connectivity index (χ1v) is 14.0. The molecule has 2 heterocycles. The van der Waals surface area contributed by atoms with Gasteiger partial charge in [0.15, 0.2) is 17.5 Å². The summed E-state index contributed by atoms with van der Waals surface area (Å²) >= 11 is 0. The molecule has 0 spiro atoms. The lowest BCUT2D eigenvalue weighted by molar-refractivity contribution is 0.630. The molecule has 0 saturated carbocycles. The molecule has 43 heavy (non-hydrogen) atoms. The molecular weight excluding hydrogens is 531 g/mol. The summed E-state index contributed by atoms with van der Waals surface area (Å²) < 4.78 is 15.6. The van der Waals surface area contributed by atoms with Gasteiger partial charge in [-0.1, -0.05) is 127 Å². The van der Waals surface area contributed by atoms with Gasteiger partial charge in [0.2, 0.25) is 0 Å². The SMILES string of the molecule is Fc1ccc(-c2cc(-c3ccccc3)nc(-c3ccccc3)c2)cc1-c1nc(-c2ccccc2)nc(-c2ccccc2)n1. The molecule has 2 aromatic heterocycles. The third kappa shape index (κ3) is 5.56. The minimum Gasteiger partial charge on any atom is -0.248 e. The highest BCUT2D eigenvalue weighted by atomic mass is 19.1. The molecule has 7 aromatic rings. The van der Waals surface area contributed by atoms with Gasteiger partial charge in [-0.15, -0.1) is 0 Å². The largest absolute Gasteiger partial charge is 0.248 e. The van der Waals surface area contributed by atoms with Crippen LogP contribution in [0.2, 0.25) is 0 Å². The molecule has 0 saturated heterocycles. The number of pyridine rings is 1. The van der Waals surface area contributed by atoms with Gasteiger partial charge < -0.3 is 0 Å². The monoisotopic (exact) mass is 556 g/mol. The topological polar surface area (TPSA) is 51.6 Å². The van der Waals surface area contributed by atoms with E-state index in [1.807, 2.05) is 140 Å². The zero-order valence-electron chi connectivity index (χ0n) is 23.1. The molecule has 0 bridgehead atoms. The van der Waals surface area contributed by atoms with Crippen LogP contribution >= 0.6 is 0 Å². The first-order chi connectivity index (χ1) is 21.2. The van der Waals surface area contributed by atoms with Crippen molar-refractivity contribution < 1.29 is 4.39 Å². The van der Waals surface area contributed by atoms with Crippen LogP contribution in [0.4, 0.5) is 4.39 Å². The Hall–Kier alpha value is -5.81. The Labute approximate surface area is 249 Å². The average molecular weight is 557 g/mol. The van der Waals surface area contributed by atoms with Crippen molar-refractivity contribution in [2.24, 2.45) is 0 Å². The van der Waals surface area contributed by atoms with E-state index in [-0.39, 0.29) is 5.82 Å². The zero-order chi connectivity index (χ0) is 29.0. The van der Waals surface area contributed by atoms with E-state index in [0.29, 0.717) is 17.2 Å². The van der Waals surface area contributed by atoms with Gasteiger partial charge in [-0.2, -0.15) is 0 Å². The first kappa shape index (κ1) is 26.1. The Balaban J connectivity index is 1.40. The second-order valence-corrected chi connectivity index (χ2v) is 10.1. The summed E-state index contributed by atoms with van der Waals surface area (Å²) in [4.78, 5) is 19.2. The molecule has 0 amide bonds. The van der Waals surface area contributed by atoms with Crippen LogP contribution in [0.15, 0.2) is 152 Å². The van der Waals surface area contributed by atoms with Gasteiger partial charge in [0, 0.05) is 22.3 Å². The summed E-state index contributed by atoms with van der Waals surface area (Å²) in [6.45, 7) is 0. The fourth-order valence-electron chi connectivity index (χ4n) is 5.02. The Morgan fingerprint density at radius 1 is 0.326 bits per heavy atom. The molecule has 5 aromatic carbocycles. The van der Waals surface area contributed by atoms with Crippen LogP contribution in [0.5, 0.6) is 0 Å². The summed E-state index contributed by atoms with van der Waals surface area (Å²) in [5.41, 5.74) is 7.37. The number of nitrogens with zero attached hydrogens (tertiary/aromatic N) is 4. The Morgan fingerprint density at radius 3 is 1.21 bits per heavy atom. The quantitative estimate of drug-likeness (QED) is 0.205. The minimum absolute atomic E-state index is 0.271. The molecule has 0 aliphatic heterocycles. The van der Waals surface area contributed by atoms with Gasteiger partial charge in [-0.25, -0.2) is 24.3 Å². The normalized spacial score (nSPS) is 10.9. The number of aromatic nitrogens is 4. The highest BCUT2D eigenvalue weighted by molar-refractivity contribution is 5.79. The van der Waals surface area contributed by atoms with Crippen LogP contribution in [-0.4, -0.2) is 19.9 Å². The van der Waals surface area contributed by atoms with E-state index < -0.39 is 5.82 Å². The van der Waals surface area contributed by atoms with Crippen molar-refractivity contribution in [3.8, 4) is 67.8 Å². The summed E-state index contributed by atoms with van der Waals surface area (Å²) in [7, 11) is 0. The molecule has 0 aliphatic rings. The van der Waals surface area contributed by atoms with Crippen LogP contribution < -0.4 is 0 Å². The number of hydrogen-bond donors (Lipinski definition) is 0. The van der Waals surface area contributed by atoms with Crippen LogP contribution in [0.1, 0.15) is 0 Å². The average Bonchev–Trinajstić information content (AvgIpc) is 3.09. The molecule has 0 fully saturated rings. The summed E-state index contributed by atoms with van der Waals surface area (Å²) in [5, 5.41) is 0. The first-order valence-electron chi connectivity index (χ1n) is 14.0. The standard InChI is InChI=1S/C38H25FN4/c39-33-22-21-30(31-24-34(26-13-5-1-6-14-26)40-35(25-31)27-15-7-2-8-16-27)23-32(33)38-42-36(28-17-9-3-10-18-28)41-37(43-38)29-19-11-4-12-20-29/h1-25H. The summed E-state index contributed by atoms with van der Waals surface area (Å²) in [5.74, 6) is 0.827. The maximum absolute atomic E-state index is 15.6. The molecular formula is C38H25FN4. The van der Waals surface area contributed by atoms with Crippen LogP contribution in [0.3, 0.4) is 0 Å². The van der Waals surface area contributed by atoms with Crippen molar-refractivity contribution in [3.63, 3.8) is 0 Å². The number of hydrogen-bond acceptors (Lipinski definition) is 4. The molecule has 0 aliphatic carbocycles. The zero-order valence-corrected chi connectivity index (χ0v) is 23.1. The van der Waals surface area contributed by atoms with Crippen molar-refractivity contribution in [3.05, 3.63) is 157 Å². The highest BCUT2D eigenvalue weighted by Gasteiger charge is 2.17. The lowest BCUT2D eigenvalue weighted by Gasteiger charge is -2.12. The number of benzene rings is 5. The van der Waals surface area contributed by atoms with E-state index >= 15 is 4.39 Å². The van der Waals surface area contributed by atoms with Gasteiger partial charge in [0.25, 0.3) is 0 Å². The van der Waals surface area contributed by atoms with E-state index in [4.69, 9.17) is 19.9 Å². The Morgan fingerprint density at radius 2 is 0.744 bits per heavy atom. The lowest BCUT2D eigenvalue weighted by atomic mass is 9.98. The van der Waals surface area contributed by atoms with Gasteiger partial charge in [0.1, 0.15) is 5.82 Å². The summed E-state index contributed by atoms with van der Waals surface area (Å²) in [6.07, 6.45) is 0. The fraction of sp³-hybridized carbons (Fsp3) is 0. The number of halogens is 1. The predicted octanol–water partition coefficient (Wildman–Crippen LogP) is 9.41. The molecule has 5 heteroatoms. The maximum atomic E-state index is 15.6.